The van der Waals surface area contributed by atoms with Crippen LogP contribution in [0.3, 0.4) is 0 Å². The van der Waals surface area contributed by atoms with E-state index in [-0.39, 0.29) is 23.4 Å². The van der Waals surface area contributed by atoms with Crippen molar-refractivity contribution in [3.8, 4) is 0 Å². The maximum absolute atomic E-state index is 12.6. The van der Waals surface area contributed by atoms with Crippen LogP contribution in [-0.4, -0.2) is 11.9 Å². The summed E-state index contributed by atoms with van der Waals surface area (Å²) < 4.78 is 25.3. The largest absolute Gasteiger partial charge is 0.327 e. The molecular formula is C15H18F2N2O. The van der Waals surface area contributed by atoms with Crippen LogP contribution in [0, 0.1) is 17.8 Å². The van der Waals surface area contributed by atoms with Crippen LogP contribution >= 0.6 is 0 Å². The summed E-state index contributed by atoms with van der Waals surface area (Å²) in [6, 6.07) is 5.73. The number of halogens is 2. The zero-order valence-corrected chi connectivity index (χ0v) is 11.1. The van der Waals surface area contributed by atoms with Gasteiger partial charge >= 0.3 is 0 Å². The second-order valence-electron chi connectivity index (χ2n) is 5.85. The Morgan fingerprint density at radius 1 is 1.30 bits per heavy atom. The Hall–Kier alpha value is -1.49. The number of amides is 1. The van der Waals surface area contributed by atoms with Crippen molar-refractivity contribution in [3.63, 3.8) is 0 Å². The van der Waals surface area contributed by atoms with Gasteiger partial charge in [0.1, 0.15) is 0 Å². The fourth-order valence-electron chi connectivity index (χ4n) is 3.70. The van der Waals surface area contributed by atoms with E-state index in [0.717, 1.165) is 19.3 Å². The number of carbonyl (C=O) groups is 1. The van der Waals surface area contributed by atoms with Crippen LogP contribution in [0.1, 0.15) is 31.3 Å². The van der Waals surface area contributed by atoms with E-state index in [1.54, 1.807) is 6.07 Å². The minimum Gasteiger partial charge on any atom is -0.327 e. The van der Waals surface area contributed by atoms with Crippen LogP contribution in [-0.2, 0) is 4.79 Å². The van der Waals surface area contributed by atoms with Gasteiger partial charge in [-0.2, -0.15) is 0 Å². The first-order valence-corrected chi connectivity index (χ1v) is 7.01. The van der Waals surface area contributed by atoms with Gasteiger partial charge in [-0.1, -0.05) is 12.1 Å². The molecule has 2 saturated carbocycles. The minimum absolute atomic E-state index is 0.0833. The molecule has 0 radical (unpaired) electrons. The van der Waals surface area contributed by atoms with Gasteiger partial charge in [-0.15, -0.1) is 0 Å². The van der Waals surface area contributed by atoms with Crippen molar-refractivity contribution < 1.29 is 13.6 Å². The third-order valence-corrected chi connectivity index (χ3v) is 4.69. The molecule has 0 aliphatic heterocycles. The van der Waals surface area contributed by atoms with Crippen molar-refractivity contribution >= 4 is 11.6 Å². The topological polar surface area (TPSA) is 55.1 Å². The van der Waals surface area contributed by atoms with E-state index in [4.69, 9.17) is 5.73 Å². The second kappa shape index (κ2) is 5.13. The number of anilines is 1. The Morgan fingerprint density at radius 2 is 2.05 bits per heavy atom. The predicted octanol–water partition coefficient (Wildman–Crippen LogP) is 2.94. The van der Waals surface area contributed by atoms with Crippen LogP contribution in [0.4, 0.5) is 14.5 Å². The molecule has 0 aromatic heterocycles. The third kappa shape index (κ3) is 2.30. The molecule has 3 N–H and O–H groups in total. The zero-order valence-electron chi connectivity index (χ0n) is 11.1. The number of nitrogens with one attached hydrogen (secondary N) is 1. The lowest BCUT2D eigenvalue weighted by Gasteiger charge is -2.27. The molecule has 5 heteroatoms. The van der Waals surface area contributed by atoms with Crippen molar-refractivity contribution in [3.05, 3.63) is 29.8 Å². The lowest BCUT2D eigenvalue weighted by molar-refractivity contribution is -0.121. The van der Waals surface area contributed by atoms with Crippen LogP contribution < -0.4 is 11.1 Å². The highest BCUT2D eigenvalue weighted by Gasteiger charge is 2.49. The monoisotopic (exact) mass is 280 g/mol. The molecule has 3 rings (SSSR count). The van der Waals surface area contributed by atoms with Gasteiger partial charge in [0.05, 0.1) is 5.92 Å². The van der Waals surface area contributed by atoms with Gasteiger partial charge < -0.3 is 11.1 Å². The van der Waals surface area contributed by atoms with Crippen LogP contribution in [0.25, 0.3) is 0 Å². The zero-order chi connectivity index (χ0) is 14.3. The van der Waals surface area contributed by atoms with Gasteiger partial charge in [0.2, 0.25) is 5.91 Å². The summed E-state index contributed by atoms with van der Waals surface area (Å²) in [5, 5.41) is 2.74. The van der Waals surface area contributed by atoms with Crippen molar-refractivity contribution in [2.24, 2.45) is 23.5 Å². The second-order valence-corrected chi connectivity index (χ2v) is 5.85. The summed E-state index contributed by atoms with van der Waals surface area (Å²) in [6.45, 7) is 0. The maximum Gasteiger partial charge on any atom is 0.263 e. The maximum atomic E-state index is 12.6. The van der Waals surface area contributed by atoms with E-state index < -0.39 is 6.43 Å². The Bertz CT molecular complexity index is 518. The predicted molar refractivity (Wildman–Crippen MR) is 72.3 cm³/mol. The van der Waals surface area contributed by atoms with E-state index in [9.17, 15) is 13.6 Å². The average Bonchev–Trinajstić information content (AvgIpc) is 2.99. The SMILES string of the molecule is NC1C2CCC(C2)C1C(=O)Nc1cccc(C(F)F)c1. The van der Waals surface area contributed by atoms with E-state index in [2.05, 4.69) is 5.32 Å². The fourth-order valence-corrected chi connectivity index (χ4v) is 3.70. The number of hydrogen-bond acceptors (Lipinski definition) is 2. The Balaban J connectivity index is 1.72. The van der Waals surface area contributed by atoms with E-state index in [0.29, 0.717) is 17.5 Å². The summed E-state index contributed by atoms with van der Waals surface area (Å²) >= 11 is 0. The molecule has 0 spiro atoms. The van der Waals surface area contributed by atoms with Gasteiger partial charge in [-0.25, -0.2) is 8.78 Å². The van der Waals surface area contributed by atoms with E-state index in [1.807, 2.05) is 0 Å². The molecule has 1 aromatic carbocycles. The fraction of sp³-hybridized carbons (Fsp3) is 0.533. The van der Waals surface area contributed by atoms with Crippen molar-refractivity contribution in [2.75, 3.05) is 5.32 Å². The molecule has 2 aliphatic carbocycles. The number of fused-ring (bicyclic) bond motifs is 2. The van der Waals surface area contributed by atoms with Gasteiger partial charge in [0.25, 0.3) is 6.43 Å². The lowest BCUT2D eigenvalue weighted by atomic mass is 9.84. The van der Waals surface area contributed by atoms with E-state index in [1.165, 1.54) is 18.2 Å². The number of benzene rings is 1. The molecule has 4 atom stereocenters. The smallest absolute Gasteiger partial charge is 0.263 e. The highest BCUT2D eigenvalue weighted by molar-refractivity contribution is 5.93. The van der Waals surface area contributed by atoms with Crippen LogP contribution in [0.15, 0.2) is 24.3 Å². The minimum atomic E-state index is -2.53. The van der Waals surface area contributed by atoms with Crippen LogP contribution in [0.2, 0.25) is 0 Å². The molecule has 20 heavy (non-hydrogen) atoms. The summed E-state index contributed by atoms with van der Waals surface area (Å²) in [4.78, 5) is 12.3. The first-order chi connectivity index (χ1) is 9.56. The van der Waals surface area contributed by atoms with Gasteiger partial charge in [-0.05, 0) is 43.2 Å². The molecular weight excluding hydrogens is 262 g/mol. The molecule has 108 valence electrons. The highest BCUT2D eigenvalue weighted by Crippen LogP contribution is 2.47. The Morgan fingerprint density at radius 3 is 2.70 bits per heavy atom. The Labute approximate surface area is 116 Å². The first kappa shape index (κ1) is 13.5. The van der Waals surface area contributed by atoms with Crippen molar-refractivity contribution in [1.29, 1.82) is 0 Å². The molecule has 3 nitrogen and oxygen atoms in total. The first-order valence-electron chi connectivity index (χ1n) is 7.01. The standard InChI is InChI=1S/C15H18F2N2O/c16-14(17)10-2-1-3-11(7-10)19-15(20)12-8-4-5-9(6-8)13(12)18/h1-3,7-9,12-14H,4-6,18H2,(H,19,20). The molecule has 2 aliphatic rings. The molecule has 1 amide bonds. The molecule has 0 saturated heterocycles. The number of hydrogen-bond donors (Lipinski definition) is 2. The van der Waals surface area contributed by atoms with Gasteiger partial charge in [0.15, 0.2) is 0 Å². The molecule has 0 heterocycles. The quantitative estimate of drug-likeness (QED) is 0.894. The summed E-state index contributed by atoms with van der Waals surface area (Å²) in [7, 11) is 0. The summed E-state index contributed by atoms with van der Waals surface area (Å²) in [6.07, 6.45) is 0.650. The summed E-state index contributed by atoms with van der Waals surface area (Å²) in [5.74, 6) is 0.497. The number of carbonyl (C=O) groups excluding carboxylic acids is 1. The normalized spacial score (nSPS) is 31.8. The van der Waals surface area contributed by atoms with Gasteiger partial charge in [-0.3, -0.25) is 4.79 Å². The molecule has 2 fully saturated rings. The average molecular weight is 280 g/mol. The Kier molecular flexibility index (Phi) is 3.46. The van der Waals surface area contributed by atoms with Crippen LogP contribution in [0.5, 0.6) is 0 Å². The third-order valence-electron chi connectivity index (χ3n) is 4.69. The van der Waals surface area contributed by atoms with Crippen molar-refractivity contribution in [2.45, 2.75) is 31.7 Å². The van der Waals surface area contributed by atoms with E-state index >= 15 is 0 Å². The summed E-state index contributed by atoms with van der Waals surface area (Å²) in [5.41, 5.74) is 6.45. The number of alkyl halides is 2. The van der Waals surface area contributed by atoms with Gasteiger partial charge in [0, 0.05) is 17.3 Å². The number of rotatable bonds is 3. The molecule has 1 aromatic rings. The lowest BCUT2D eigenvalue weighted by Crippen LogP contribution is -2.42. The molecule has 2 bridgehead atoms. The number of nitrogens with two attached hydrogens (primary N) is 1. The molecule has 4 unspecified atom stereocenters. The van der Waals surface area contributed by atoms with Crippen molar-refractivity contribution in [1.82, 2.24) is 0 Å². The highest BCUT2D eigenvalue weighted by atomic mass is 19.3.